The molecular formula is C16H22N2O2. The predicted octanol–water partition coefficient (Wildman–Crippen LogP) is 2.73. The monoisotopic (exact) mass is 274 g/mol. The van der Waals surface area contributed by atoms with Gasteiger partial charge in [-0.15, -0.1) is 0 Å². The van der Waals surface area contributed by atoms with Crippen LogP contribution in [-0.4, -0.2) is 25.6 Å². The Morgan fingerprint density at radius 3 is 2.65 bits per heavy atom. The molecule has 1 atom stereocenters. The lowest BCUT2D eigenvalue weighted by molar-refractivity contribution is 0.235. The number of nitrogens with zero attached hydrogens (tertiary/aromatic N) is 1. The Morgan fingerprint density at radius 2 is 2.05 bits per heavy atom. The molecule has 1 aromatic carbocycles. The molecule has 4 nitrogen and oxygen atoms in total. The zero-order valence-corrected chi connectivity index (χ0v) is 12.3. The fourth-order valence-electron chi connectivity index (χ4n) is 2.44. The highest BCUT2D eigenvalue weighted by molar-refractivity contribution is 5.36. The Labute approximate surface area is 120 Å². The number of para-hydroxylation sites is 1. The van der Waals surface area contributed by atoms with Crippen LogP contribution < -0.4 is 10.5 Å². The normalized spacial score (nSPS) is 12.7. The van der Waals surface area contributed by atoms with Crippen LogP contribution >= 0.6 is 0 Å². The van der Waals surface area contributed by atoms with Gasteiger partial charge in [0.15, 0.2) is 0 Å². The van der Waals surface area contributed by atoms with Crippen LogP contribution in [-0.2, 0) is 6.54 Å². The minimum atomic E-state index is 0.112. The molecule has 0 radical (unpaired) electrons. The van der Waals surface area contributed by atoms with E-state index >= 15 is 0 Å². The van der Waals surface area contributed by atoms with E-state index in [0.717, 1.165) is 23.6 Å². The first-order valence-corrected chi connectivity index (χ1v) is 6.73. The zero-order valence-electron chi connectivity index (χ0n) is 12.3. The van der Waals surface area contributed by atoms with Crippen molar-refractivity contribution in [2.75, 3.05) is 20.7 Å². The molecule has 0 fully saturated rings. The van der Waals surface area contributed by atoms with Gasteiger partial charge in [0.05, 0.1) is 19.4 Å². The van der Waals surface area contributed by atoms with E-state index in [4.69, 9.17) is 14.9 Å². The lowest BCUT2D eigenvalue weighted by Crippen LogP contribution is -2.30. The van der Waals surface area contributed by atoms with Gasteiger partial charge < -0.3 is 14.9 Å². The predicted molar refractivity (Wildman–Crippen MR) is 79.7 cm³/mol. The molecule has 4 heteroatoms. The summed E-state index contributed by atoms with van der Waals surface area (Å²) in [4.78, 5) is 2.22. The van der Waals surface area contributed by atoms with Crippen LogP contribution in [0, 0.1) is 6.92 Å². The number of methoxy groups -OCH3 is 1. The summed E-state index contributed by atoms with van der Waals surface area (Å²) >= 11 is 0. The first-order valence-electron chi connectivity index (χ1n) is 6.73. The SMILES string of the molecule is COc1ccccc1C(CN)N(C)Cc1ccoc1C. The van der Waals surface area contributed by atoms with Gasteiger partial charge in [0.1, 0.15) is 11.5 Å². The second kappa shape index (κ2) is 6.59. The number of benzene rings is 1. The van der Waals surface area contributed by atoms with Crippen molar-refractivity contribution in [2.24, 2.45) is 5.73 Å². The molecule has 0 amide bonds. The minimum absolute atomic E-state index is 0.112. The standard InChI is InChI=1S/C16H22N2O2/c1-12-13(8-9-20-12)11-18(2)15(10-17)14-6-4-5-7-16(14)19-3/h4-9,15H,10-11,17H2,1-3H3. The molecule has 0 saturated heterocycles. The average molecular weight is 274 g/mol. The van der Waals surface area contributed by atoms with Crippen molar-refractivity contribution in [2.45, 2.75) is 19.5 Å². The topological polar surface area (TPSA) is 51.6 Å². The van der Waals surface area contributed by atoms with Gasteiger partial charge in [0.2, 0.25) is 0 Å². The fourth-order valence-corrected chi connectivity index (χ4v) is 2.44. The van der Waals surface area contributed by atoms with Gasteiger partial charge >= 0.3 is 0 Å². The minimum Gasteiger partial charge on any atom is -0.496 e. The quantitative estimate of drug-likeness (QED) is 0.880. The fraction of sp³-hybridized carbons (Fsp3) is 0.375. The summed E-state index contributed by atoms with van der Waals surface area (Å²) in [5, 5.41) is 0. The molecule has 0 bridgehead atoms. The number of aryl methyl sites for hydroxylation is 1. The average Bonchev–Trinajstić information content (AvgIpc) is 2.85. The highest BCUT2D eigenvalue weighted by Gasteiger charge is 2.20. The number of nitrogens with two attached hydrogens (primary N) is 1. The Morgan fingerprint density at radius 1 is 1.30 bits per heavy atom. The molecule has 0 aliphatic heterocycles. The second-order valence-corrected chi connectivity index (χ2v) is 4.91. The van der Waals surface area contributed by atoms with Gasteiger partial charge in [-0.2, -0.15) is 0 Å². The summed E-state index contributed by atoms with van der Waals surface area (Å²) < 4.78 is 10.8. The summed E-state index contributed by atoms with van der Waals surface area (Å²) in [5.74, 6) is 1.83. The van der Waals surface area contributed by atoms with Crippen molar-refractivity contribution in [3.63, 3.8) is 0 Å². The molecule has 1 heterocycles. The van der Waals surface area contributed by atoms with Gasteiger partial charge in [0.25, 0.3) is 0 Å². The van der Waals surface area contributed by atoms with E-state index in [1.165, 1.54) is 5.56 Å². The van der Waals surface area contributed by atoms with Gasteiger partial charge in [-0.3, -0.25) is 4.90 Å². The number of hydrogen-bond acceptors (Lipinski definition) is 4. The molecule has 0 spiro atoms. The van der Waals surface area contributed by atoms with Crippen LogP contribution in [0.5, 0.6) is 5.75 Å². The Bertz CT molecular complexity index is 551. The maximum atomic E-state index is 5.98. The molecule has 0 aliphatic carbocycles. The first kappa shape index (κ1) is 14.6. The van der Waals surface area contributed by atoms with Crippen LogP contribution in [0.3, 0.4) is 0 Å². The van der Waals surface area contributed by atoms with Crippen molar-refractivity contribution >= 4 is 0 Å². The Hall–Kier alpha value is -1.78. The number of hydrogen-bond donors (Lipinski definition) is 1. The van der Waals surface area contributed by atoms with Crippen LogP contribution in [0.15, 0.2) is 41.0 Å². The lowest BCUT2D eigenvalue weighted by Gasteiger charge is -2.28. The number of likely N-dealkylation sites (N-methyl/N-ethyl adjacent to an activating group) is 1. The third-order valence-electron chi connectivity index (χ3n) is 3.64. The number of rotatable bonds is 6. The Balaban J connectivity index is 2.21. The molecule has 1 aromatic heterocycles. The summed E-state index contributed by atoms with van der Waals surface area (Å²) in [6, 6.07) is 10.1. The van der Waals surface area contributed by atoms with Crippen LogP contribution in [0.25, 0.3) is 0 Å². The smallest absolute Gasteiger partial charge is 0.123 e. The highest BCUT2D eigenvalue weighted by Crippen LogP contribution is 2.29. The van der Waals surface area contributed by atoms with E-state index in [9.17, 15) is 0 Å². The molecule has 108 valence electrons. The number of furan rings is 1. The number of ether oxygens (including phenoxy) is 1. The lowest BCUT2D eigenvalue weighted by atomic mass is 10.0. The molecule has 2 N–H and O–H groups in total. The molecule has 2 rings (SSSR count). The highest BCUT2D eigenvalue weighted by atomic mass is 16.5. The molecule has 2 aromatic rings. The zero-order chi connectivity index (χ0) is 14.5. The van der Waals surface area contributed by atoms with E-state index in [2.05, 4.69) is 18.0 Å². The van der Waals surface area contributed by atoms with Crippen molar-refractivity contribution < 1.29 is 9.15 Å². The third kappa shape index (κ3) is 3.03. The molecule has 0 aliphatic rings. The van der Waals surface area contributed by atoms with E-state index in [1.54, 1.807) is 13.4 Å². The maximum absolute atomic E-state index is 5.98. The van der Waals surface area contributed by atoms with E-state index in [1.807, 2.05) is 31.2 Å². The maximum Gasteiger partial charge on any atom is 0.123 e. The van der Waals surface area contributed by atoms with Crippen LogP contribution in [0.4, 0.5) is 0 Å². The van der Waals surface area contributed by atoms with Crippen LogP contribution in [0.1, 0.15) is 22.9 Å². The van der Waals surface area contributed by atoms with Gasteiger partial charge in [-0.1, -0.05) is 18.2 Å². The largest absolute Gasteiger partial charge is 0.496 e. The molecule has 0 saturated carbocycles. The van der Waals surface area contributed by atoms with Gasteiger partial charge in [0, 0.05) is 24.2 Å². The van der Waals surface area contributed by atoms with Crippen molar-refractivity contribution in [3.05, 3.63) is 53.5 Å². The molecular weight excluding hydrogens is 252 g/mol. The summed E-state index contributed by atoms with van der Waals surface area (Å²) in [6.07, 6.45) is 1.72. The van der Waals surface area contributed by atoms with E-state index in [-0.39, 0.29) is 6.04 Å². The van der Waals surface area contributed by atoms with Crippen LogP contribution in [0.2, 0.25) is 0 Å². The van der Waals surface area contributed by atoms with E-state index < -0.39 is 0 Å². The molecule has 1 unspecified atom stereocenters. The summed E-state index contributed by atoms with van der Waals surface area (Å²) in [5.41, 5.74) is 8.27. The van der Waals surface area contributed by atoms with Gasteiger partial charge in [-0.05, 0) is 26.1 Å². The Kier molecular flexibility index (Phi) is 4.82. The summed E-state index contributed by atoms with van der Waals surface area (Å²) in [6.45, 7) is 3.31. The van der Waals surface area contributed by atoms with E-state index in [0.29, 0.717) is 6.54 Å². The van der Waals surface area contributed by atoms with Crippen molar-refractivity contribution in [1.82, 2.24) is 4.90 Å². The van der Waals surface area contributed by atoms with Gasteiger partial charge in [-0.25, -0.2) is 0 Å². The van der Waals surface area contributed by atoms with Crippen molar-refractivity contribution in [1.29, 1.82) is 0 Å². The first-order chi connectivity index (χ1) is 9.67. The summed E-state index contributed by atoms with van der Waals surface area (Å²) in [7, 11) is 3.75. The second-order valence-electron chi connectivity index (χ2n) is 4.91. The third-order valence-corrected chi connectivity index (χ3v) is 3.64. The van der Waals surface area contributed by atoms with Crippen molar-refractivity contribution in [3.8, 4) is 5.75 Å². The molecule has 20 heavy (non-hydrogen) atoms.